The summed E-state index contributed by atoms with van der Waals surface area (Å²) < 4.78 is 32.8. The third-order valence-corrected chi connectivity index (χ3v) is 6.63. The van der Waals surface area contributed by atoms with Crippen molar-refractivity contribution in [1.29, 1.82) is 0 Å². The molecular formula is C18H27N3O4S. The minimum atomic E-state index is -3.60. The Hall–Kier alpha value is -1.48. The van der Waals surface area contributed by atoms with Crippen LogP contribution in [-0.4, -0.2) is 57.6 Å². The quantitative estimate of drug-likeness (QED) is 0.764. The second kappa shape index (κ2) is 8.04. The van der Waals surface area contributed by atoms with Crippen LogP contribution in [0.3, 0.4) is 0 Å². The zero-order valence-corrected chi connectivity index (χ0v) is 15.9. The van der Waals surface area contributed by atoms with Gasteiger partial charge in [0.1, 0.15) is 0 Å². The van der Waals surface area contributed by atoms with Crippen molar-refractivity contribution in [3.8, 4) is 0 Å². The summed E-state index contributed by atoms with van der Waals surface area (Å²) in [7, 11) is -3.60. The lowest BCUT2D eigenvalue weighted by atomic mass is 10.1. The zero-order valence-electron chi connectivity index (χ0n) is 15.1. The first-order valence-electron chi connectivity index (χ1n) is 9.13. The summed E-state index contributed by atoms with van der Waals surface area (Å²) >= 11 is 0. The van der Waals surface area contributed by atoms with Crippen LogP contribution in [0.15, 0.2) is 29.2 Å². The molecule has 2 saturated heterocycles. The molecule has 1 aromatic carbocycles. The molecule has 2 aliphatic rings. The lowest BCUT2D eigenvalue weighted by molar-refractivity contribution is 0.0743. The fraction of sp³-hybridized carbons (Fsp3) is 0.611. The molecule has 7 nitrogen and oxygen atoms in total. The van der Waals surface area contributed by atoms with Crippen LogP contribution in [0.2, 0.25) is 0 Å². The highest BCUT2D eigenvalue weighted by Crippen LogP contribution is 2.24. The van der Waals surface area contributed by atoms with E-state index < -0.39 is 10.0 Å². The molecule has 0 aromatic heterocycles. The molecular weight excluding hydrogens is 354 g/mol. The fourth-order valence-corrected chi connectivity index (χ4v) is 4.70. The van der Waals surface area contributed by atoms with E-state index in [9.17, 15) is 13.2 Å². The molecule has 2 fully saturated rings. The molecule has 2 heterocycles. The predicted molar refractivity (Wildman–Crippen MR) is 98.3 cm³/mol. The van der Waals surface area contributed by atoms with Crippen LogP contribution < -0.4 is 10.5 Å². The van der Waals surface area contributed by atoms with Crippen LogP contribution in [0.4, 0.5) is 0 Å². The lowest BCUT2D eigenvalue weighted by Crippen LogP contribution is -2.34. The molecule has 0 bridgehead atoms. The Morgan fingerprint density at radius 2 is 2.08 bits per heavy atom. The van der Waals surface area contributed by atoms with Gasteiger partial charge in [0.05, 0.1) is 11.0 Å². The second-order valence-electron chi connectivity index (χ2n) is 7.16. The standard InChI is InChI=1S/C18H27N3O4S/c1-13-9-14(10-19)12-21(13)18(22)15-4-6-17(7-5-15)26(23,24)20-11-16-3-2-8-25-16/h4-7,13-14,16,20H,2-3,8-12,19H2,1H3. The summed E-state index contributed by atoms with van der Waals surface area (Å²) in [5.74, 6) is 0.250. The van der Waals surface area contributed by atoms with Crippen molar-refractivity contribution in [2.75, 3.05) is 26.2 Å². The summed E-state index contributed by atoms with van der Waals surface area (Å²) in [6.07, 6.45) is 2.68. The van der Waals surface area contributed by atoms with Gasteiger partial charge in [-0.15, -0.1) is 0 Å². The number of rotatable bonds is 6. The highest BCUT2D eigenvalue weighted by atomic mass is 32.2. The van der Waals surface area contributed by atoms with Crippen LogP contribution in [0.25, 0.3) is 0 Å². The molecule has 26 heavy (non-hydrogen) atoms. The van der Waals surface area contributed by atoms with E-state index in [4.69, 9.17) is 10.5 Å². The highest BCUT2D eigenvalue weighted by molar-refractivity contribution is 7.89. The van der Waals surface area contributed by atoms with Gasteiger partial charge < -0.3 is 15.4 Å². The summed E-state index contributed by atoms with van der Waals surface area (Å²) in [6, 6.07) is 6.25. The van der Waals surface area contributed by atoms with Gasteiger partial charge in [-0.3, -0.25) is 4.79 Å². The van der Waals surface area contributed by atoms with Gasteiger partial charge in [0.15, 0.2) is 0 Å². The van der Waals surface area contributed by atoms with Crippen LogP contribution in [0, 0.1) is 5.92 Å². The molecule has 0 aliphatic carbocycles. The number of carbonyl (C=O) groups is 1. The first-order valence-corrected chi connectivity index (χ1v) is 10.6. The van der Waals surface area contributed by atoms with E-state index >= 15 is 0 Å². The number of sulfonamides is 1. The SMILES string of the molecule is CC1CC(CN)CN1C(=O)c1ccc(S(=O)(=O)NCC2CCCO2)cc1. The fourth-order valence-electron chi connectivity index (χ4n) is 3.63. The van der Waals surface area contributed by atoms with Gasteiger partial charge in [0, 0.05) is 31.3 Å². The van der Waals surface area contributed by atoms with Gasteiger partial charge in [-0.05, 0) is 62.9 Å². The Bertz CT molecular complexity index is 729. The van der Waals surface area contributed by atoms with Gasteiger partial charge in [-0.25, -0.2) is 13.1 Å². The molecule has 2 aliphatic heterocycles. The van der Waals surface area contributed by atoms with Gasteiger partial charge in [-0.1, -0.05) is 0 Å². The normalized spacial score (nSPS) is 26.4. The summed E-state index contributed by atoms with van der Waals surface area (Å²) in [4.78, 5) is 14.7. The molecule has 3 atom stereocenters. The van der Waals surface area contributed by atoms with Crippen molar-refractivity contribution in [3.63, 3.8) is 0 Å². The number of carbonyl (C=O) groups excluding carboxylic acids is 1. The second-order valence-corrected chi connectivity index (χ2v) is 8.92. The Morgan fingerprint density at radius 3 is 2.65 bits per heavy atom. The zero-order chi connectivity index (χ0) is 18.7. The monoisotopic (exact) mass is 381 g/mol. The highest BCUT2D eigenvalue weighted by Gasteiger charge is 2.32. The van der Waals surface area contributed by atoms with Gasteiger partial charge >= 0.3 is 0 Å². The predicted octanol–water partition coefficient (Wildman–Crippen LogP) is 0.953. The largest absolute Gasteiger partial charge is 0.377 e. The maximum atomic E-state index is 12.7. The molecule has 0 spiro atoms. The van der Waals surface area contributed by atoms with Crippen molar-refractivity contribution in [1.82, 2.24) is 9.62 Å². The van der Waals surface area contributed by atoms with E-state index in [1.54, 1.807) is 12.1 Å². The van der Waals surface area contributed by atoms with E-state index in [0.717, 1.165) is 19.3 Å². The smallest absolute Gasteiger partial charge is 0.254 e. The molecule has 1 amide bonds. The summed E-state index contributed by atoms with van der Waals surface area (Å²) in [6.45, 7) is 4.19. The number of hydrogen-bond donors (Lipinski definition) is 2. The molecule has 0 radical (unpaired) electrons. The number of amides is 1. The maximum Gasteiger partial charge on any atom is 0.254 e. The number of nitrogens with two attached hydrogens (primary N) is 1. The minimum absolute atomic E-state index is 0.0576. The molecule has 144 valence electrons. The third-order valence-electron chi connectivity index (χ3n) is 5.19. The van der Waals surface area contributed by atoms with Gasteiger partial charge in [-0.2, -0.15) is 0 Å². The third kappa shape index (κ3) is 4.25. The Morgan fingerprint density at radius 1 is 1.35 bits per heavy atom. The van der Waals surface area contributed by atoms with E-state index in [0.29, 0.717) is 31.2 Å². The van der Waals surface area contributed by atoms with Crippen molar-refractivity contribution >= 4 is 15.9 Å². The first kappa shape index (κ1) is 19.3. The van der Waals surface area contributed by atoms with E-state index in [1.165, 1.54) is 12.1 Å². The number of likely N-dealkylation sites (tertiary alicyclic amines) is 1. The minimum Gasteiger partial charge on any atom is -0.377 e. The maximum absolute atomic E-state index is 12.7. The first-order chi connectivity index (χ1) is 12.4. The Labute approximate surface area is 154 Å². The number of ether oxygens (including phenoxy) is 1. The van der Waals surface area contributed by atoms with Crippen LogP contribution in [0.5, 0.6) is 0 Å². The molecule has 0 saturated carbocycles. The van der Waals surface area contributed by atoms with Gasteiger partial charge in [0.25, 0.3) is 5.91 Å². The number of nitrogens with zero attached hydrogens (tertiary/aromatic N) is 1. The molecule has 3 rings (SSSR count). The summed E-state index contributed by atoms with van der Waals surface area (Å²) in [5, 5.41) is 0. The van der Waals surface area contributed by atoms with Crippen LogP contribution in [0.1, 0.15) is 36.5 Å². The molecule has 3 N–H and O–H groups in total. The average Bonchev–Trinajstić information content (AvgIpc) is 3.29. The van der Waals surface area contributed by atoms with E-state index in [1.807, 2.05) is 11.8 Å². The molecule has 8 heteroatoms. The lowest BCUT2D eigenvalue weighted by Gasteiger charge is -2.21. The van der Waals surface area contributed by atoms with Crippen molar-refractivity contribution in [2.24, 2.45) is 11.7 Å². The van der Waals surface area contributed by atoms with Gasteiger partial charge in [0.2, 0.25) is 10.0 Å². The van der Waals surface area contributed by atoms with Crippen molar-refractivity contribution in [3.05, 3.63) is 29.8 Å². The Kier molecular flexibility index (Phi) is 5.96. The Balaban J connectivity index is 1.64. The number of benzene rings is 1. The topological polar surface area (TPSA) is 102 Å². The average molecular weight is 381 g/mol. The molecule has 1 aromatic rings. The molecule has 3 unspecified atom stereocenters. The van der Waals surface area contributed by atoms with E-state index in [-0.39, 0.29) is 29.5 Å². The van der Waals surface area contributed by atoms with E-state index in [2.05, 4.69) is 4.72 Å². The summed E-state index contributed by atoms with van der Waals surface area (Å²) in [5.41, 5.74) is 6.21. The number of nitrogens with one attached hydrogen (secondary N) is 1. The van der Waals surface area contributed by atoms with Crippen LogP contribution in [-0.2, 0) is 14.8 Å². The number of hydrogen-bond acceptors (Lipinski definition) is 5. The van der Waals surface area contributed by atoms with Crippen LogP contribution >= 0.6 is 0 Å². The van der Waals surface area contributed by atoms with Crippen molar-refractivity contribution < 1.29 is 17.9 Å². The van der Waals surface area contributed by atoms with Crippen molar-refractivity contribution in [2.45, 2.75) is 43.2 Å².